The summed E-state index contributed by atoms with van der Waals surface area (Å²) in [5.41, 5.74) is -1.96. The van der Waals surface area contributed by atoms with Crippen LogP contribution in [0.3, 0.4) is 0 Å². The fourth-order valence-corrected chi connectivity index (χ4v) is 3.94. The van der Waals surface area contributed by atoms with Crippen molar-refractivity contribution in [1.29, 1.82) is 0 Å². The minimum atomic E-state index is -4.64. The summed E-state index contributed by atoms with van der Waals surface area (Å²) in [4.78, 5) is 27.3. The van der Waals surface area contributed by atoms with Crippen LogP contribution in [0, 0.1) is 0 Å². The summed E-state index contributed by atoms with van der Waals surface area (Å²) in [6.07, 6.45) is -3.43. The second-order valence-corrected chi connectivity index (χ2v) is 8.35. The van der Waals surface area contributed by atoms with Gasteiger partial charge in [0.15, 0.2) is 0 Å². The van der Waals surface area contributed by atoms with Crippen LogP contribution in [0.25, 0.3) is 10.9 Å². The number of H-pyrrole nitrogens is 1. The zero-order valence-electron chi connectivity index (χ0n) is 16.6. The SMILES string of the molecule is COCCNC(=O)c1c[nH]c2ccc(S(=O)(=O)Nc3cccc(C(F)(F)F)c3)cc2c1=O. The number of alkyl halides is 3. The normalized spacial score (nSPS) is 12.0. The molecule has 3 rings (SSSR count). The molecule has 8 nitrogen and oxygen atoms in total. The van der Waals surface area contributed by atoms with E-state index < -0.39 is 33.1 Å². The lowest BCUT2D eigenvalue weighted by Crippen LogP contribution is -2.31. The van der Waals surface area contributed by atoms with Crippen molar-refractivity contribution >= 4 is 32.5 Å². The third-order valence-electron chi connectivity index (χ3n) is 4.44. The lowest BCUT2D eigenvalue weighted by molar-refractivity contribution is -0.137. The van der Waals surface area contributed by atoms with Crippen molar-refractivity contribution in [3.8, 4) is 0 Å². The molecule has 0 spiro atoms. The summed E-state index contributed by atoms with van der Waals surface area (Å²) in [5.74, 6) is -0.666. The maximum absolute atomic E-state index is 12.9. The fraction of sp³-hybridized carbons (Fsp3) is 0.200. The largest absolute Gasteiger partial charge is 0.416 e. The number of nitrogens with one attached hydrogen (secondary N) is 3. The van der Waals surface area contributed by atoms with Crippen LogP contribution < -0.4 is 15.5 Å². The van der Waals surface area contributed by atoms with Crippen molar-refractivity contribution < 1.29 is 31.1 Å². The van der Waals surface area contributed by atoms with Gasteiger partial charge in [0.25, 0.3) is 15.9 Å². The summed E-state index contributed by atoms with van der Waals surface area (Å²) in [5, 5.41) is 2.42. The van der Waals surface area contributed by atoms with E-state index in [1.165, 1.54) is 31.5 Å². The molecule has 0 aliphatic carbocycles. The Bertz CT molecular complexity index is 1320. The maximum atomic E-state index is 12.9. The van der Waals surface area contributed by atoms with Crippen LogP contribution in [-0.2, 0) is 20.9 Å². The molecule has 0 radical (unpaired) electrons. The number of fused-ring (bicyclic) bond motifs is 1. The van der Waals surface area contributed by atoms with Crippen LogP contribution in [0.4, 0.5) is 18.9 Å². The highest BCUT2D eigenvalue weighted by molar-refractivity contribution is 7.92. The van der Waals surface area contributed by atoms with Gasteiger partial charge in [-0.3, -0.25) is 14.3 Å². The van der Waals surface area contributed by atoms with Crippen LogP contribution in [0.2, 0.25) is 0 Å². The van der Waals surface area contributed by atoms with Crippen LogP contribution in [0.1, 0.15) is 15.9 Å². The lowest BCUT2D eigenvalue weighted by Gasteiger charge is -2.12. The zero-order valence-corrected chi connectivity index (χ0v) is 17.4. The molecule has 1 heterocycles. The lowest BCUT2D eigenvalue weighted by atomic mass is 10.1. The topological polar surface area (TPSA) is 117 Å². The smallest absolute Gasteiger partial charge is 0.383 e. The maximum Gasteiger partial charge on any atom is 0.416 e. The molecule has 170 valence electrons. The van der Waals surface area contributed by atoms with Crippen molar-refractivity contribution in [2.24, 2.45) is 0 Å². The van der Waals surface area contributed by atoms with Crippen LogP contribution >= 0.6 is 0 Å². The number of ether oxygens (including phenoxy) is 1. The Balaban J connectivity index is 1.95. The average molecular weight is 469 g/mol. The second-order valence-electron chi connectivity index (χ2n) is 6.67. The number of rotatable bonds is 7. The molecule has 0 saturated heterocycles. The summed E-state index contributed by atoms with van der Waals surface area (Å²) in [6, 6.07) is 7.27. The third-order valence-corrected chi connectivity index (χ3v) is 5.82. The number of hydrogen-bond donors (Lipinski definition) is 3. The van der Waals surface area contributed by atoms with Gasteiger partial charge in [0, 0.05) is 36.4 Å². The number of carbonyl (C=O) groups excluding carboxylic acids is 1. The summed E-state index contributed by atoms with van der Waals surface area (Å²) in [7, 11) is -2.87. The first-order chi connectivity index (χ1) is 15.0. The number of benzene rings is 2. The Morgan fingerprint density at radius 1 is 1.16 bits per heavy atom. The molecular weight excluding hydrogens is 451 g/mol. The van der Waals surface area contributed by atoms with Crippen molar-refractivity contribution in [2.75, 3.05) is 25.0 Å². The Morgan fingerprint density at radius 2 is 1.91 bits per heavy atom. The second kappa shape index (κ2) is 9.01. The highest BCUT2D eigenvalue weighted by Gasteiger charge is 2.30. The van der Waals surface area contributed by atoms with E-state index in [1.807, 2.05) is 0 Å². The molecule has 1 amide bonds. The van der Waals surface area contributed by atoms with Crippen LogP contribution in [0.5, 0.6) is 0 Å². The van der Waals surface area contributed by atoms with E-state index in [1.54, 1.807) is 0 Å². The Morgan fingerprint density at radius 3 is 2.59 bits per heavy atom. The first kappa shape index (κ1) is 23.3. The minimum absolute atomic E-state index is 0.0729. The summed E-state index contributed by atoms with van der Waals surface area (Å²) in [6.45, 7) is 0.406. The number of pyridine rings is 1. The van der Waals surface area contributed by atoms with Crippen LogP contribution in [0.15, 0.2) is 58.4 Å². The summed E-state index contributed by atoms with van der Waals surface area (Å²) >= 11 is 0. The molecule has 2 aromatic carbocycles. The van der Waals surface area contributed by atoms with E-state index >= 15 is 0 Å². The highest BCUT2D eigenvalue weighted by Crippen LogP contribution is 2.31. The zero-order chi connectivity index (χ0) is 23.5. The molecule has 0 bridgehead atoms. The van der Waals surface area contributed by atoms with Gasteiger partial charge in [0.2, 0.25) is 5.43 Å². The van der Waals surface area contributed by atoms with Crippen molar-refractivity contribution in [3.05, 3.63) is 70.0 Å². The van der Waals surface area contributed by atoms with E-state index in [0.717, 1.165) is 18.2 Å². The van der Waals surface area contributed by atoms with Gasteiger partial charge in [-0.15, -0.1) is 0 Å². The number of anilines is 1. The van der Waals surface area contributed by atoms with Gasteiger partial charge >= 0.3 is 6.18 Å². The predicted molar refractivity (Wildman–Crippen MR) is 111 cm³/mol. The first-order valence-corrected chi connectivity index (χ1v) is 10.6. The number of aromatic nitrogens is 1. The fourth-order valence-electron chi connectivity index (χ4n) is 2.87. The Labute approximate surface area is 180 Å². The first-order valence-electron chi connectivity index (χ1n) is 9.15. The van der Waals surface area contributed by atoms with E-state index in [4.69, 9.17) is 4.74 Å². The molecule has 32 heavy (non-hydrogen) atoms. The Hall–Kier alpha value is -3.38. The minimum Gasteiger partial charge on any atom is -0.383 e. The molecule has 0 fully saturated rings. The molecular formula is C20H18F3N3O5S. The molecule has 1 aromatic heterocycles. The molecule has 12 heteroatoms. The standard InChI is InChI=1S/C20H18F3N3O5S/c1-31-8-7-24-19(28)16-11-25-17-6-5-14(10-15(17)18(16)27)32(29,30)26-13-4-2-3-12(9-13)20(21,22)23/h2-6,9-11,26H,7-8H2,1H3,(H,24,28)(H,25,27). The van der Waals surface area contributed by atoms with Gasteiger partial charge in [0.1, 0.15) is 5.56 Å². The Kier molecular flexibility index (Phi) is 6.55. The van der Waals surface area contributed by atoms with E-state index in [2.05, 4.69) is 15.0 Å². The average Bonchev–Trinajstić information content (AvgIpc) is 2.73. The number of aromatic amines is 1. The predicted octanol–water partition coefficient (Wildman–Crippen LogP) is 2.72. The van der Waals surface area contributed by atoms with Gasteiger partial charge < -0.3 is 15.0 Å². The molecule has 0 saturated carbocycles. The van der Waals surface area contributed by atoms with Crippen LogP contribution in [-0.4, -0.2) is 39.6 Å². The third kappa shape index (κ3) is 5.08. The van der Waals surface area contributed by atoms with E-state index in [0.29, 0.717) is 6.07 Å². The van der Waals surface area contributed by atoms with Gasteiger partial charge in [-0.05, 0) is 36.4 Å². The molecule has 0 unspecified atom stereocenters. The van der Waals surface area contributed by atoms with Crippen molar-refractivity contribution in [3.63, 3.8) is 0 Å². The number of carbonyl (C=O) groups is 1. The molecule has 3 aromatic rings. The molecule has 0 aliphatic rings. The van der Waals surface area contributed by atoms with Crippen molar-refractivity contribution in [2.45, 2.75) is 11.1 Å². The number of halogens is 3. The van der Waals surface area contributed by atoms with Gasteiger partial charge in [0.05, 0.1) is 17.1 Å². The van der Waals surface area contributed by atoms with E-state index in [-0.39, 0.29) is 40.2 Å². The van der Waals surface area contributed by atoms with E-state index in [9.17, 15) is 31.2 Å². The highest BCUT2D eigenvalue weighted by atomic mass is 32.2. The monoisotopic (exact) mass is 469 g/mol. The number of hydrogen-bond acceptors (Lipinski definition) is 5. The molecule has 3 N–H and O–H groups in total. The summed E-state index contributed by atoms with van der Waals surface area (Å²) < 4.78 is 71.0. The number of methoxy groups -OCH3 is 1. The van der Waals surface area contributed by atoms with Gasteiger partial charge in [-0.1, -0.05) is 6.07 Å². The van der Waals surface area contributed by atoms with Crippen molar-refractivity contribution in [1.82, 2.24) is 10.3 Å². The van der Waals surface area contributed by atoms with Gasteiger partial charge in [-0.25, -0.2) is 8.42 Å². The number of amides is 1. The van der Waals surface area contributed by atoms with Gasteiger partial charge in [-0.2, -0.15) is 13.2 Å². The molecule has 0 atom stereocenters. The molecule has 0 aliphatic heterocycles. The quantitative estimate of drug-likeness (QED) is 0.460. The number of sulfonamides is 1.